The molecule has 130 valence electrons. The molecule has 0 heterocycles. The van der Waals surface area contributed by atoms with Crippen molar-refractivity contribution < 1.29 is 14.7 Å². The number of rotatable bonds is 10. The minimum Gasteiger partial charge on any atom is -0.396 e. The zero-order valence-electron chi connectivity index (χ0n) is 14.3. The first-order valence-corrected chi connectivity index (χ1v) is 9.13. The van der Waals surface area contributed by atoms with Gasteiger partial charge in [0.2, 0.25) is 0 Å². The van der Waals surface area contributed by atoms with Crippen molar-refractivity contribution in [2.75, 3.05) is 6.61 Å². The molecule has 1 aromatic carbocycles. The van der Waals surface area contributed by atoms with Gasteiger partial charge < -0.3 is 5.11 Å². The van der Waals surface area contributed by atoms with E-state index in [0.717, 1.165) is 44.9 Å². The van der Waals surface area contributed by atoms with Crippen LogP contribution in [0.1, 0.15) is 61.7 Å². The summed E-state index contributed by atoms with van der Waals surface area (Å²) in [6, 6.07) is 9.25. The van der Waals surface area contributed by atoms with E-state index in [-0.39, 0.29) is 24.2 Å². The minimum absolute atomic E-state index is 0.0118. The summed E-state index contributed by atoms with van der Waals surface area (Å²) in [6.45, 7) is 0.267. The summed E-state index contributed by atoms with van der Waals surface area (Å²) >= 11 is 0. The van der Waals surface area contributed by atoms with Crippen molar-refractivity contribution >= 4 is 11.6 Å². The summed E-state index contributed by atoms with van der Waals surface area (Å²) < 4.78 is 0. The molecule has 1 N–H and O–H groups in total. The molecule has 2 unspecified atom stereocenters. The zero-order chi connectivity index (χ0) is 17.2. The van der Waals surface area contributed by atoms with Crippen molar-refractivity contribution in [1.29, 1.82) is 0 Å². The van der Waals surface area contributed by atoms with Crippen LogP contribution >= 0.6 is 0 Å². The van der Waals surface area contributed by atoms with E-state index < -0.39 is 0 Å². The van der Waals surface area contributed by atoms with Crippen LogP contribution in [0.15, 0.2) is 42.5 Å². The molecule has 0 amide bonds. The van der Waals surface area contributed by atoms with Crippen LogP contribution in [0, 0.1) is 11.8 Å². The van der Waals surface area contributed by atoms with Crippen molar-refractivity contribution in [3.8, 4) is 0 Å². The van der Waals surface area contributed by atoms with Crippen LogP contribution in [0.3, 0.4) is 0 Å². The maximum absolute atomic E-state index is 12.2. The Labute approximate surface area is 144 Å². The van der Waals surface area contributed by atoms with E-state index in [1.54, 1.807) is 6.08 Å². The van der Waals surface area contributed by atoms with Gasteiger partial charge in [0, 0.05) is 24.5 Å². The molecule has 0 spiro atoms. The second-order valence-electron chi connectivity index (χ2n) is 6.64. The van der Waals surface area contributed by atoms with E-state index in [9.17, 15) is 9.59 Å². The van der Waals surface area contributed by atoms with E-state index in [1.807, 2.05) is 36.4 Å². The highest BCUT2D eigenvalue weighted by Gasteiger charge is 2.32. The molecule has 1 aromatic rings. The standard InChI is InChI=1S/C21H28O3/c22-16-8-3-1-2-7-11-19-17(13-15-21(19)24)12-14-20(23)18-9-5-4-6-10-18/h4-6,9-10,12,14,17,19,22H,1-3,7-8,11,13,15-16H2/b14-12+. The normalized spacial score (nSPS) is 20.8. The summed E-state index contributed by atoms with van der Waals surface area (Å²) in [4.78, 5) is 24.3. The van der Waals surface area contributed by atoms with Gasteiger partial charge in [-0.05, 0) is 31.3 Å². The van der Waals surface area contributed by atoms with Crippen LogP contribution in [0.2, 0.25) is 0 Å². The highest BCUT2D eigenvalue weighted by Crippen LogP contribution is 2.33. The first-order chi connectivity index (χ1) is 11.7. The van der Waals surface area contributed by atoms with E-state index >= 15 is 0 Å². The molecule has 1 aliphatic rings. The molecule has 0 aromatic heterocycles. The lowest BCUT2D eigenvalue weighted by atomic mass is 9.89. The van der Waals surface area contributed by atoms with Gasteiger partial charge in [0.1, 0.15) is 5.78 Å². The molecule has 0 aliphatic heterocycles. The predicted octanol–water partition coefficient (Wildman–Crippen LogP) is 4.35. The van der Waals surface area contributed by atoms with Crippen molar-refractivity contribution in [2.45, 2.75) is 51.4 Å². The first kappa shape index (κ1) is 18.6. The Morgan fingerprint density at radius 3 is 2.54 bits per heavy atom. The highest BCUT2D eigenvalue weighted by atomic mass is 16.2. The number of aliphatic hydroxyl groups excluding tert-OH is 1. The van der Waals surface area contributed by atoms with Gasteiger partial charge in [-0.1, -0.05) is 62.1 Å². The molecule has 1 fully saturated rings. The number of aliphatic hydroxyl groups is 1. The average Bonchev–Trinajstić information content (AvgIpc) is 2.96. The number of carbonyl (C=O) groups is 2. The lowest BCUT2D eigenvalue weighted by molar-refractivity contribution is -0.121. The lowest BCUT2D eigenvalue weighted by Crippen LogP contribution is -2.13. The van der Waals surface area contributed by atoms with Crippen molar-refractivity contribution in [3.63, 3.8) is 0 Å². The molecule has 3 nitrogen and oxygen atoms in total. The van der Waals surface area contributed by atoms with Crippen LogP contribution < -0.4 is 0 Å². The van der Waals surface area contributed by atoms with Gasteiger partial charge in [-0.3, -0.25) is 9.59 Å². The summed E-state index contributed by atoms with van der Waals surface area (Å²) in [5, 5.41) is 8.77. The first-order valence-electron chi connectivity index (χ1n) is 9.13. The third-order valence-corrected chi connectivity index (χ3v) is 4.88. The van der Waals surface area contributed by atoms with Crippen molar-refractivity contribution in [2.24, 2.45) is 11.8 Å². The Morgan fingerprint density at radius 1 is 1.08 bits per heavy atom. The number of hydrogen-bond acceptors (Lipinski definition) is 3. The molecular weight excluding hydrogens is 300 g/mol. The largest absolute Gasteiger partial charge is 0.396 e. The number of benzene rings is 1. The Balaban J connectivity index is 1.81. The Kier molecular flexibility index (Phi) is 7.90. The number of carbonyl (C=O) groups excluding carboxylic acids is 2. The SMILES string of the molecule is O=C(/C=C/C1CCC(=O)C1CCCCCCCO)c1ccccc1. The summed E-state index contributed by atoms with van der Waals surface area (Å²) in [7, 11) is 0. The quantitative estimate of drug-likeness (QED) is 0.394. The topological polar surface area (TPSA) is 54.4 Å². The van der Waals surface area contributed by atoms with Crippen molar-refractivity contribution in [1.82, 2.24) is 0 Å². The highest BCUT2D eigenvalue weighted by molar-refractivity contribution is 6.04. The number of ketones is 2. The third-order valence-electron chi connectivity index (χ3n) is 4.88. The lowest BCUT2D eigenvalue weighted by Gasteiger charge is -2.14. The van der Waals surface area contributed by atoms with E-state index in [4.69, 9.17) is 5.11 Å². The van der Waals surface area contributed by atoms with Crippen LogP contribution in [-0.2, 0) is 4.79 Å². The fraction of sp³-hybridized carbons (Fsp3) is 0.524. The van der Waals surface area contributed by atoms with Crippen LogP contribution in [0.5, 0.6) is 0 Å². The van der Waals surface area contributed by atoms with Crippen LogP contribution in [-0.4, -0.2) is 23.3 Å². The number of Topliss-reactive ketones (excluding diaryl/α,β-unsaturated/α-hetero) is 1. The Hall–Kier alpha value is -1.74. The summed E-state index contributed by atoms with van der Waals surface area (Å²) in [5.74, 6) is 0.662. The number of hydrogen-bond donors (Lipinski definition) is 1. The molecule has 3 heteroatoms. The third kappa shape index (κ3) is 5.72. The van der Waals surface area contributed by atoms with E-state index in [0.29, 0.717) is 17.8 Å². The van der Waals surface area contributed by atoms with Gasteiger partial charge in [0.15, 0.2) is 5.78 Å². The van der Waals surface area contributed by atoms with E-state index in [1.165, 1.54) is 0 Å². The van der Waals surface area contributed by atoms with Gasteiger partial charge in [-0.15, -0.1) is 0 Å². The Morgan fingerprint density at radius 2 is 1.79 bits per heavy atom. The minimum atomic E-state index is 0.0118. The summed E-state index contributed by atoms with van der Waals surface area (Å²) in [6.07, 6.45) is 11.3. The predicted molar refractivity (Wildman–Crippen MR) is 95.9 cm³/mol. The summed E-state index contributed by atoms with van der Waals surface area (Å²) in [5.41, 5.74) is 0.693. The second kappa shape index (κ2) is 10.2. The van der Waals surface area contributed by atoms with Gasteiger partial charge in [0.05, 0.1) is 0 Å². The van der Waals surface area contributed by atoms with Crippen LogP contribution in [0.4, 0.5) is 0 Å². The van der Waals surface area contributed by atoms with Gasteiger partial charge in [-0.25, -0.2) is 0 Å². The monoisotopic (exact) mass is 328 g/mol. The van der Waals surface area contributed by atoms with Gasteiger partial charge in [-0.2, -0.15) is 0 Å². The smallest absolute Gasteiger partial charge is 0.185 e. The van der Waals surface area contributed by atoms with Gasteiger partial charge in [0.25, 0.3) is 0 Å². The average molecular weight is 328 g/mol. The second-order valence-corrected chi connectivity index (χ2v) is 6.64. The number of unbranched alkanes of at least 4 members (excludes halogenated alkanes) is 4. The van der Waals surface area contributed by atoms with E-state index in [2.05, 4.69) is 0 Å². The fourth-order valence-electron chi connectivity index (χ4n) is 3.46. The maximum Gasteiger partial charge on any atom is 0.185 e. The fourth-order valence-corrected chi connectivity index (χ4v) is 3.46. The molecule has 2 atom stereocenters. The maximum atomic E-state index is 12.2. The molecule has 24 heavy (non-hydrogen) atoms. The molecule has 0 radical (unpaired) electrons. The molecule has 0 bridgehead atoms. The molecule has 1 aliphatic carbocycles. The Bertz CT molecular complexity index is 547. The zero-order valence-corrected chi connectivity index (χ0v) is 14.3. The van der Waals surface area contributed by atoms with Crippen LogP contribution in [0.25, 0.3) is 0 Å². The van der Waals surface area contributed by atoms with Crippen molar-refractivity contribution in [3.05, 3.63) is 48.0 Å². The molecule has 1 saturated carbocycles. The molecular formula is C21H28O3. The molecule has 2 rings (SSSR count). The van der Waals surface area contributed by atoms with Gasteiger partial charge >= 0.3 is 0 Å². The molecule has 0 saturated heterocycles. The number of allylic oxidation sites excluding steroid dienone is 2.